The summed E-state index contributed by atoms with van der Waals surface area (Å²) in [5, 5.41) is 8.51. The van der Waals surface area contributed by atoms with Crippen molar-refractivity contribution >= 4 is 23.3 Å². The monoisotopic (exact) mass is 325 g/mol. The van der Waals surface area contributed by atoms with E-state index in [0.29, 0.717) is 11.4 Å². The van der Waals surface area contributed by atoms with E-state index in [1.807, 2.05) is 30.3 Å². The van der Waals surface area contributed by atoms with E-state index < -0.39 is 0 Å². The number of nitrogens with one attached hydrogen (secondary N) is 3. The fourth-order valence-electron chi connectivity index (χ4n) is 2.48. The zero-order chi connectivity index (χ0) is 17.5. The minimum Gasteiger partial charge on any atom is -0.331 e. The minimum atomic E-state index is -0.280. The van der Waals surface area contributed by atoms with E-state index in [4.69, 9.17) is 0 Å². The SMILES string of the molecule is CC(=O)Nc1cccc(NC(=O)NC(c2ccccc2)C(C)C)c1. The van der Waals surface area contributed by atoms with Gasteiger partial charge in [0.1, 0.15) is 0 Å². The molecule has 0 aliphatic rings. The smallest absolute Gasteiger partial charge is 0.319 e. The first-order valence-corrected chi connectivity index (χ1v) is 7.96. The summed E-state index contributed by atoms with van der Waals surface area (Å²) >= 11 is 0. The molecule has 24 heavy (non-hydrogen) atoms. The van der Waals surface area contributed by atoms with Crippen molar-refractivity contribution in [2.24, 2.45) is 5.92 Å². The van der Waals surface area contributed by atoms with Gasteiger partial charge < -0.3 is 16.0 Å². The maximum atomic E-state index is 12.3. The highest BCUT2D eigenvalue weighted by atomic mass is 16.2. The molecule has 0 bridgehead atoms. The van der Waals surface area contributed by atoms with Gasteiger partial charge >= 0.3 is 6.03 Å². The fourth-order valence-corrected chi connectivity index (χ4v) is 2.48. The average molecular weight is 325 g/mol. The summed E-state index contributed by atoms with van der Waals surface area (Å²) in [6, 6.07) is 16.6. The predicted octanol–water partition coefficient (Wildman–Crippen LogP) is 4.16. The molecule has 0 radical (unpaired) electrons. The molecule has 126 valence electrons. The summed E-state index contributed by atoms with van der Waals surface area (Å²) in [6.45, 7) is 5.57. The van der Waals surface area contributed by atoms with Gasteiger partial charge in [0.05, 0.1) is 6.04 Å². The molecule has 0 heterocycles. The fraction of sp³-hybridized carbons (Fsp3) is 0.263. The third-order valence-corrected chi connectivity index (χ3v) is 3.55. The molecule has 1 atom stereocenters. The second-order valence-electron chi connectivity index (χ2n) is 5.99. The van der Waals surface area contributed by atoms with Crippen molar-refractivity contribution in [2.75, 3.05) is 10.6 Å². The average Bonchev–Trinajstić information content (AvgIpc) is 2.53. The van der Waals surface area contributed by atoms with E-state index in [-0.39, 0.29) is 23.9 Å². The van der Waals surface area contributed by atoms with Gasteiger partial charge in [0, 0.05) is 18.3 Å². The van der Waals surface area contributed by atoms with Crippen molar-refractivity contribution in [1.29, 1.82) is 0 Å². The Kier molecular flexibility index (Phi) is 5.95. The Morgan fingerprint density at radius 2 is 1.50 bits per heavy atom. The zero-order valence-electron chi connectivity index (χ0n) is 14.2. The van der Waals surface area contributed by atoms with Crippen LogP contribution in [0.15, 0.2) is 54.6 Å². The van der Waals surface area contributed by atoms with Crippen LogP contribution in [-0.2, 0) is 4.79 Å². The summed E-state index contributed by atoms with van der Waals surface area (Å²) < 4.78 is 0. The van der Waals surface area contributed by atoms with Crippen molar-refractivity contribution in [3.05, 3.63) is 60.2 Å². The van der Waals surface area contributed by atoms with Gasteiger partial charge in [-0.1, -0.05) is 50.2 Å². The Balaban J connectivity index is 2.05. The first kappa shape index (κ1) is 17.5. The Bertz CT molecular complexity index is 699. The molecule has 0 saturated carbocycles. The van der Waals surface area contributed by atoms with Crippen molar-refractivity contribution < 1.29 is 9.59 Å². The van der Waals surface area contributed by atoms with Crippen LogP contribution in [0.25, 0.3) is 0 Å². The van der Waals surface area contributed by atoms with Crippen LogP contribution in [0, 0.1) is 5.92 Å². The molecule has 0 aromatic heterocycles. The first-order valence-electron chi connectivity index (χ1n) is 7.96. The lowest BCUT2D eigenvalue weighted by Gasteiger charge is -2.23. The van der Waals surface area contributed by atoms with Gasteiger partial charge in [-0.25, -0.2) is 4.79 Å². The summed E-state index contributed by atoms with van der Waals surface area (Å²) in [5.41, 5.74) is 2.33. The Labute approximate surface area is 142 Å². The van der Waals surface area contributed by atoms with Crippen LogP contribution in [0.5, 0.6) is 0 Å². The standard InChI is InChI=1S/C19H23N3O2/c1-13(2)18(15-8-5-4-6-9-15)22-19(24)21-17-11-7-10-16(12-17)20-14(3)23/h4-13,18H,1-3H3,(H,20,23)(H2,21,22,24). The summed E-state index contributed by atoms with van der Waals surface area (Å²) in [4.78, 5) is 23.4. The van der Waals surface area contributed by atoms with Crippen LogP contribution in [0.2, 0.25) is 0 Å². The molecule has 0 aliphatic heterocycles. The molecule has 0 spiro atoms. The van der Waals surface area contributed by atoms with Crippen LogP contribution in [-0.4, -0.2) is 11.9 Å². The predicted molar refractivity (Wildman–Crippen MR) is 96.9 cm³/mol. The highest BCUT2D eigenvalue weighted by Gasteiger charge is 2.18. The lowest BCUT2D eigenvalue weighted by molar-refractivity contribution is -0.114. The molecule has 0 fully saturated rings. The zero-order valence-corrected chi connectivity index (χ0v) is 14.2. The Morgan fingerprint density at radius 3 is 2.08 bits per heavy atom. The van der Waals surface area contributed by atoms with Gasteiger partial charge in [-0.2, -0.15) is 0 Å². The Hall–Kier alpha value is -2.82. The van der Waals surface area contributed by atoms with E-state index in [0.717, 1.165) is 5.56 Å². The number of anilines is 2. The van der Waals surface area contributed by atoms with E-state index in [1.165, 1.54) is 6.92 Å². The van der Waals surface area contributed by atoms with E-state index in [1.54, 1.807) is 24.3 Å². The van der Waals surface area contributed by atoms with Crippen molar-refractivity contribution in [1.82, 2.24) is 5.32 Å². The van der Waals surface area contributed by atoms with Crippen LogP contribution in [0.3, 0.4) is 0 Å². The van der Waals surface area contributed by atoms with E-state index in [9.17, 15) is 9.59 Å². The molecule has 3 amide bonds. The topological polar surface area (TPSA) is 70.2 Å². The number of carbonyl (C=O) groups excluding carboxylic acids is 2. The molecule has 3 N–H and O–H groups in total. The van der Waals surface area contributed by atoms with Crippen LogP contribution in [0.4, 0.5) is 16.2 Å². The number of rotatable bonds is 5. The Morgan fingerprint density at radius 1 is 0.875 bits per heavy atom. The van der Waals surface area contributed by atoms with Gasteiger partial charge in [0.25, 0.3) is 0 Å². The molecule has 5 heteroatoms. The molecule has 0 saturated heterocycles. The lowest BCUT2D eigenvalue weighted by atomic mass is 9.96. The van der Waals surface area contributed by atoms with Crippen LogP contribution < -0.4 is 16.0 Å². The molecule has 2 aromatic rings. The largest absolute Gasteiger partial charge is 0.331 e. The highest BCUT2D eigenvalue weighted by Crippen LogP contribution is 2.22. The van der Waals surface area contributed by atoms with Gasteiger partial charge in [-0.15, -0.1) is 0 Å². The van der Waals surface area contributed by atoms with Gasteiger partial charge in [0.15, 0.2) is 0 Å². The summed E-state index contributed by atoms with van der Waals surface area (Å²) in [7, 11) is 0. The van der Waals surface area contributed by atoms with Crippen LogP contribution >= 0.6 is 0 Å². The molecular weight excluding hydrogens is 302 g/mol. The highest BCUT2D eigenvalue weighted by molar-refractivity contribution is 5.92. The third kappa shape index (κ3) is 5.12. The quantitative estimate of drug-likeness (QED) is 0.772. The second-order valence-corrected chi connectivity index (χ2v) is 5.99. The summed E-state index contributed by atoms with van der Waals surface area (Å²) in [6.07, 6.45) is 0. The van der Waals surface area contributed by atoms with Crippen molar-refractivity contribution in [2.45, 2.75) is 26.8 Å². The molecule has 2 aromatic carbocycles. The molecule has 5 nitrogen and oxygen atoms in total. The molecule has 1 unspecified atom stereocenters. The number of amides is 3. The number of hydrogen-bond donors (Lipinski definition) is 3. The van der Waals surface area contributed by atoms with Crippen molar-refractivity contribution in [3.63, 3.8) is 0 Å². The maximum Gasteiger partial charge on any atom is 0.319 e. The van der Waals surface area contributed by atoms with Crippen LogP contribution in [0.1, 0.15) is 32.4 Å². The number of carbonyl (C=O) groups is 2. The minimum absolute atomic E-state index is 0.0790. The second kappa shape index (κ2) is 8.15. The maximum absolute atomic E-state index is 12.3. The number of benzene rings is 2. The van der Waals surface area contributed by atoms with E-state index in [2.05, 4.69) is 29.8 Å². The number of urea groups is 1. The molecule has 2 rings (SSSR count). The van der Waals surface area contributed by atoms with Gasteiger partial charge in [-0.3, -0.25) is 4.79 Å². The molecular formula is C19H23N3O2. The first-order chi connectivity index (χ1) is 11.5. The van der Waals surface area contributed by atoms with Crippen molar-refractivity contribution in [3.8, 4) is 0 Å². The molecule has 0 aliphatic carbocycles. The van der Waals surface area contributed by atoms with Gasteiger partial charge in [0.2, 0.25) is 5.91 Å². The number of hydrogen-bond acceptors (Lipinski definition) is 2. The normalized spacial score (nSPS) is 11.7. The van der Waals surface area contributed by atoms with E-state index >= 15 is 0 Å². The van der Waals surface area contributed by atoms with Gasteiger partial charge in [-0.05, 0) is 29.7 Å². The third-order valence-electron chi connectivity index (χ3n) is 3.55. The lowest BCUT2D eigenvalue weighted by Crippen LogP contribution is -2.35. The summed E-state index contributed by atoms with van der Waals surface area (Å²) in [5.74, 6) is 0.101.